The van der Waals surface area contributed by atoms with Crippen LogP contribution in [0.3, 0.4) is 0 Å². The fourth-order valence-corrected chi connectivity index (χ4v) is 5.89. The van der Waals surface area contributed by atoms with Gasteiger partial charge in [-0.05, 0) is 45.4 Å². The summed E-state index contributed by atoms with van der Waals surface area (Å²) in [6.07, 6.45) is 2.16. The van der Waals surface area contributed by atoms with Crippen LogP contribution in [-0.2, 0) is 27.3 Å². The zero-order chi connectivity index (χ0) is 26.7. The van der Waals surface area contributed by atoms with Gasteiger partial charge in [-0.25, -0.2) is 4.98 Å². The minimum Gasteiger partial charge on any atom is -0.349 e. The third-order valence-electron chi connectivity index (χ3n) is 6.91. The van der Waals surface area contributed by atoms with Gasteiger partial charge in [-0.3, -0.25) is 19.2 Å². The number of aromatic nitrogens is 1. The Morgan fingerprint density at radius 3 is 2.46 bits per heavy atom. The highest BCUT2D eigenvalue weighted by Gasteiger charge is 2.37. The number of thiazole rings is 1. The minimum absolute atomic E-state index is 0.0195. The van der Waals surface area contributed by atoms with Crippen LogP contribution >= 0.6 is 11.3 Å². The summed E-state index contributed by atoms with van der Waals surface area (Å²) < 4.78 is 0. The van der Waals surface area contributed by atoms with Crippen molar-refractivity contribution >= 4 is 40.7 Å². The molecule has 4 rings (SSSR count). The molecule has 1 aliphatic heterocycles. The molecule has 1 aromatic heterocycles. The van der Waals surface area contributed by atoms with Crippen LogP contribution in [0.25, 0.3) is 0 Å². The summed E-state index contributed by atoms with van der Waals surface area (Å²) in [4.78, 5) is 60.5. The standard InChI is InChI=1S/C26H34N6O4S/c1-15-5-8-17(9-6-15)27-22(33)23(34)28-18-10-7-16(26(36)31(2)3)13-20(18)29-24(35)25-30-19-11-12-32(4)14-21(19)37-25/h5-6,8-9,16,18,20H,7,10-14H2,1-4H3,(H,27,33)(H,28,34)(H,29,35)/t16-,18-,20+/m0/s1. The highest BCUT2D eigenvalue weighted by molar-refractivity contribution is 7.13. The Labute approximate surface area is 220 Å². The lowest BCUT2D eigenvalue weighted by atomic mass is 9.81. The molecule has 10 nitrogen and oxygen atoms in total. The van der Waals surface area contributed by atoms with Crippen LogP contribution in [0.1, 0.15) is 45.2 Å². The summed E-state index contributed by atoms with van der Waals surface area (Å²) in [6.45, 7) is 3.59. The molecule has 0 bridgehead atoms. The molecule has 0 unspecified atom stereocenters. The van der Waals surface area contributed by atoms with Gasteiger partial charge in [0.15, 0.2) is 5.01 Å². The van der Waals surface area contributed by atoms with E-state index in [4.69, 9.17) is 0 Å². The first-order valence-corrected chi connectivity index (χ1v) is 13.3. The molecule has 1 saturated carbocycles. The van der Waals surface area contributed by atoms with E-state index in [0.29, 0.717) is 30.0 Å². The summed E-state index contributed by atoms with van der Waals surface area (Å²) in [5, 5.41) is 8.77. The van der Waals surface area contributed by atoms with Gasteiger partial charge in [0.25, 0.3) is 5.91 Å². The molecule has 2 heterocycles. The van der Waals surface area contributed by atoms with Gasteiger partial charge in [0.2, 0.25) is 5.91 Å². The van der Waals surface area contributed by atoms with E-state index in [2.05, 4.69) is 25.8 Å². The molecule has 1 aliphatic carbocycles. The molecule has 4 amide bonds. The first-order chi connectivity index (χ1) is 17.6. The van der Waals surface area contributed by atoms with Crippen molar-refractivity contribution < 1.29 is 19.2 Å². The van der Waals surface area contributed by atoms with Gasteiger partial charge in [-0.15, -0.1) is 11.3 Å². The Kier molecular flexibility index (Phi) is 8.23. The fourth-order valence-electron chi connectivity index (χ4n) is 4.80. The van der Waals surface area contributed by atoms with Crippen LogP contribution in [0, 0.1) is 12.8 Å². The van der Waals surface area contributed by atoms with Crippen molar-refractivity contribution in [2.24, 2.45) is 5.92 Å². The van der Waals surface area contributed by atoms with Crippen molar-refractivity contribution in [1.82, 2.24) is 25.4 Å². The smallest absolute Gasteiger partial charge is 0.313 e. The van der Waals surface area contributed by atoms with Crippen LogP contribution in [0.15, 0.2) is 24.3 Å². The molecule has 1 aromatic carbocycles. The maximum absolute atomic E-state index is 13.2. The highest BCUT2D eigenvalue weighted by atomic mass is 32.1. The van der Waals surface area contributed by atoms with Crippen molar-refractivity contribution in [2.45, 2.75) is 51.2 Å². The number of rotatable bonds is 5. The molecule has 0 spiro atoms. The van der Waals surface area contributed by atoms with Crippen molar-refractivity contribution in [1.29, 1.82) is 0 Å². The Balaban J connectivity index is 1.45. The number of nitrogens with zero attached hydrogens (tertiary/aromatic N) is 3. The molecule has 1 fully saturated rings. The number of likely N-dealkylation sites (N-methyl/N-ethyl adjacent to an activating group) is 1. The summed E-state index contributed by atoms with van der Waals surface area (Å²) in [7, 11) is 5.45. The van der Waals surface area contributed by atoms with Crippen LogP contribution in [0.2, 0.25) is 0 Å². The number of benzene rings is 1. The normalized spacial score (nSPS) is 21.5. The van der Waals surface area contributed by atoms with Gasteiger partial charge in [-0.2, -0.15) is 0 Å². The largest absolute Gasteiger partial charge is 0.349 e. The van der Waals surface area contributed by atoms with E-state index in [1.165, 1.54) is 11.3 Å². The maximum atomic E-state index is 13.2. The molecule has 11 heteroatoms. The Morgan fingerprint density at radius 1 is 1.03 bits per heavy atom. The highest BCUT2D eigenvalue weighted by Crippen LogP contribution is 2.28. The van der Waals surface area contributed by atoms with Gasteiger partial charge in [-0.1, -0.05) is 17.7 Å². The van der Waals surface area contributed by atoms with Gasteiger partial charge in [0.1, 0.15) is 0 Å². The fraction of sp³-hybridized carbons (Fsp3) is 0.500. The average Bonchev–Trinajstić information content (AvgIpc) is 3.29. The lowest BCUT2D eigenvalue weighted by molar-refractivity contribution is -0.137. The van der Waals surface area contributed by atoms with E-state index in [0.717, 1.165) is 35.6 Å². The predicted molar refractivity (Wildman–Crippen MR) is 141 cm³/mol. The number of hydrogen-bond acceptors (Lipinski definition) is 7. The van der Waals surface area contributed by atoms with E-state index in [1.54, 1.807) is 31.1 Å². The zero-order valence-electron chi connectivity index (χ0n) is 21.7. The van der Waals surface area contributed by atoms with E-state index in [1.807, 2.05) is 26.1 Å². The summed E-state index contributed by atoms with van der Waals surface area (Å²) in [6, 6.07) is 6.13. The van der Waals surface area contributed by atoms with E-state index >= 15 is 0 Å². The molecule has 2 aromatic rings. The second-order valence-electron chi connectivity index (χ2n) is 10.1. The van der Waals surface area contributed by atoms with Gasteiger partial charge in [0.05, 0.1) is 11.7 Å². The molecule has 198 valence electrons. The number of anilines is 1. The number of fused-ring (bicyclic) bond motifs is 1. The van der Waals surface area contributed by atoms with E-state index in [9.17, 15) is 19.2 Å². The molecular weight excluding hydrogens is 492 g/mol. The van der Waals surface area contributed by atoms with Crippen LogP contribution < -0.4 is 16.0 Å². The Bertz CT molecular complexity index is 1180. The molecule has 3 N–H and O–H groups in total. The number of hydrogen-bond donors (Lipinski definition) is 3. The molecule has 0 saturated heterocycles. The predicted octanol–water partition coefficient (Wildman–Crippen LogP) is 1.55. The number of aryl methyl sites for hydroxylation is 1. The summed E-state index contributed by atoms with van der Waals surface area (Å²) in [5.74, 6) is -2.19. The van der Waals surface area contributed by atoms with Crippen LogP contribution in [-0.4, -0.2) is 78.2 Å². The number of nitrogens with one attached hydrogen (secondary N) is 3. The quantitative estimate of drug-likeness (QED) is 0.508. The van der Waals surface area contributed by atoms with Crippen LogP contribution in [0.4, 0.5) is 5.69 Å². The SMILES string of the molecule is Cc1ccc(NC(=O)C(=O)N[C@H]2CC[C@H](C(=O)N(C)C)C[C@H]2NC(=O)c2nc3c(s2)CN(C)CC3)cc1. The second kappa shape index (κ2) is 11.4. The molecule has 0 radical (unpaired) electrons. The Hall–Kier alpha value is -3.31. The third kappa shape index (κ3) is 6.53. The molecule has 3 atom stereocenters. The topological polar surface area (TPSA) is 124 Å². The summed E-state index contributed by atoms with van der Waals surface area (Å²) in [5.41, 5.74) is 2.52. The average molecular weight is 527 g/mol. The molecule has 2 aliphatic rings. The monoisotopic (exact) mass is 526 g/mol. The molecule has 37 heavy (non-hydrogen) atoms. The van der Waals surface area contributed by atoms with Crippen molar-refractivity contribution in [3.05, 3.63) is 45.4 Å². The van der Waals surface area contributed by atoms with E-state index in [-0.39, 0.29) is 17.7 Å². The Morgan fingerprint density at radius 2 is 1.76 bits per heavy atom. The lowest BCUT2D eigenvalue weighted by Gasteiger charge is -2.37. The lowest BCUT2D eigenvalue weighted by Crippen LogP contribution is -2.57. The number of carbonyl (C=O) groups excluding carboxylic acids is 4. The van der Waals surface area contributed by atoms with Crippen molar-refractivity contribution in [3.8, 4) is 0 Å². The van der Waals surface area contributed by atoms with Gasteiger partial charge < -0.3 is 25.8 Å². The first-order valence-electron chi connectivity index (χ1n) is 12.5. The number of amides is 4. The minimum atomic E-state index is -0.782. The maximum Gasteiger partial charge on any atom is 0.313 e. The summed E-state index contributed by atoms with van der Waals surface area (Å²) >= 11 is 1.38. The second-order valence-corrected chi connectivity index (χ2v) is 11.2. The number of carbonyl (C=O) groups is 4. The van der Waals surface area contributed by atoms with Crippen molar-refractivity contribution in [2.75, 3.05) is 33.0 Å². The van der Waals surface area contributed by atoms with Crippen molar-refractivity contribution in [3.63, 3.8) is 0 Å². The van der Waals surface area contributed by atoms with Gasteiger partial charge >= 0.3 is 11.8 Å². The van der Waals surface area contributed by atoms with Crippen LogP contribution in [0.5, 0.6) is 0 Å². The van der Waals surface area contributed by atoms with E-state index < -0.39 is 23.9 Å². The zero-order valence-corrected chi connectivity index (χ0v) is 22.5. The molecular formula is C26H34N6O4S. The van der Waals surface area contributed by atoms with Gasteiger partial charge in [0, 0.05) is 56.1 Å². The third-order valence-corrected chi connectivity index (χ3v) is 7.99. The first kappa shape index (κ1) is 26.7.